The van der Waals surface area contributed by atoms with Crippen LogP contribution in [0.2, 0.25) is 0 Å². The fourth-order valence-corrected chi connectivity index (χ4v) is 4.82. The summed E-state index contributed by atoms with van der Waals surface area (Å²) in [5.41, 5.74) is 0.284. The highest BCUT2D eigenvalue weighted by atomic mass is 32.2. The van der Waals surface area contributed by atoms with Crippen LogP contribution < -0.4 is 14.8 Å². The number of rotatable bonds is 8. The van der Waals surface area contributed by atoms with Crippen molar-refractivity contribution in [3.05, 3.63) is 48.8 Å². The van der Waals surface area contributed by atoms with Crippen molar-refractivity contribution in [2.24, 2.45) is 4.99 Å². The minimum atomic E-state index is -3.80. The maximum atomic E-state index is 12.5. The average Bonchev–Trinajstić information content (AvgIpc) is 3.21. The molecule has 0 bridgehead atoms. The predicted molar refractivity (Wildman–Crippen MR) is 111 cm³/mol. The van der Waals surface area contributed by atoms with Gasteiger partial charge in [-0.2, -0.15) is 0 Å². The summed E-state index contributed by atoms with van der Waals surface area (Å²) in [5.74, 6) is -0.0445. The zero-order valence-corrected chi connectivity index (χ0v) is 17.5. The van der Waals surface area contributed by atoms with Crippen molar-refractivity contribution < 1.29 is 21.6 Å². The molecule has 3 N–H and O–H groups in total. The molecule has 1 aliphatic rings. The second-order valence-electron chi connectivity index (χ2n) is 6.45. The van der Waals surface area contributed by atoms with Crippen LogP contribution in [0.1, 0.15) is 19.3 Å². The summed E-state index contributed by atoms with van der Waals surface area (Å²) in [6.07, 6.45) is 3.91. The molecule has 2 aromatic rings. The van der Waals surface area contributed by atoms with E-state index in [-0.39, 0.29) is 28.4 Å². The number of anilines is 1. The molecule has 0 fully saturated rings. The molecule has 0 atom stereocenters. The summed E-state index contributed by atoms with van der Waals surface area (Å²) in [5, 5.41) is 2.57. The van der Waals surface area contributed by atoms with Gasteiger partial charge in [-0.05, 0) is 36.8 Å². The van der Waals surface area contributed by atoms with E-state index in [4.69, 9.17) is 0 Å². The van der Waals surface area contributed by atoms with Crippen LogP contribution in [0.5, 0.6) is 0 Å². The van der Waals surface area contributed by atoms with Crippen molar-refractivity contribution in [3.8, 4) is 0 Å². The van der Waals surface area contributed by atoms with Gasteiger partial charge < -0.3 is 5.32 Å². The van der Waals surface area contributed by atoms with Crippen LogP contribution in [-0.2, 0) is 24.8 Å². The van der Waals surface area contributed by atoms with Crippen LogP contribution in [0, 0.1) is 0 Å². The van der Waals surface area contributed by atoms with Gasteiger partial charge in [-0.3, -0.25) is 19.5 Å². The number of nitrogens with one attached hydrogen (secondary N) is 3. The molecule has 12 heteroatoms. The third kappa shape index (κ3) is 5.84. The molecule has 1 aliphatic heterocycles. The highest BCUT2D eigenvalue weighted by Gasteiger charge is 2.19. The standard InChI is InChI=1S/C18H21N5O5S2/c24-18(8-11-21-29(25,26)16-6-2-9-19-13-16)22-14-4-1-5-15(12-14)30(27,28)23-17-7-3-10-20-17/h1-2,4-6,9,12-13,21H,3,7-8,10-11H2,(H,20,23)(H,22,24). The van der Waals surface area contributed by atoms with Gasteiger partial charge in [0.15, 0.2) is 0 Å². The van der Waals surface area contributed by atoms with Gasteiger partial charge in [0.1, 0.15) is 10.7 Å². The van der Waals surface area contributed by atoms with E-state index in [1.807, 2.05) is 0 Å². The highest BCUT2D eigenvalue weighted by molar-refractivity contribution is 7.90. The lowest BCUT2D eigenvalue weighted by Crippen LogP contribution is -2.29. The van der Waals surface area contributed by atoms with Crippen LogP contribution in [0.25, 0.3) is 0 Å². The molecule has 3 rings (SSSR count). The number of benzene rings is 1. The number of carbonyl (C=O) groups excluding carboxylic acids is 1. The van der Waals surface area contributed by atoms with Gasteiger partial charge in [-0.1, -0.05) is 6.07 Å². The minimum absolute atomic E-state index is 0.00248. The minimum Gasteiger partial charge on any atom is -0.326 e. The normalized spacial score (nSPS) is 14.2. The smallest absolute Gasteiger partial charge is 0.262 e. The molecule has 0 spiro atoms. The zero-order chi connectivity index (χ0) is 21.6. The summed E-state index contributed by atoms with van der Waals surface area (Å²) in [4.78, 5) is 20.0. The number of aromatic nitrogens is 1. The van der Waals surface area contributed by atoms with Crippen LogP contribution in [0.4, 0.5) is 5.69 Å². The van der Waals surface area contributed by atoms with Gasteiger partial charge in [-0.25, -0.2) is 21.6 Å². The van der Waals surface area contributed by atoms with E-state index in [0.29, 0.717) is 18.8 Å². The topological polar surface area (TPSA) is 147 Å². The molecule has 0 radical (unpaired) electrons. The maximum absolute atomic E-state index is 12.5. The Morgan fingerprint density at radius 1 is 1.03 bits per heavy atom. The summed E-state index contributed by atoms with van der Waals surface area (Å²) in [6.45, 7) is 0.473. The third-order valence-electron chi connectivity index (χ3n) is 4.14. The molecular weight excluding hydrogens is 430 g/mol. The van der Waals surface area contributed by atoms with Crippen molar-refractivity contribution in [1.82, 2.24) is 14.4 Å². The summed E-state index contributed by atoms with van der Waals surface area (Å²) in [6, 6.07) is 8.68. The highest BCUT2D eigenvalue weighted by Crippen LogP contribution is 2.16. The first-order valence-corrected chi connectivity index (χ1v) is 12.1. The first-order chi connectivity index (χ1) is 14.3. The van der Waals surface area contributed by atoms with Gasteiger partial charge in [-0.15, -0.1) is 0 Å². The summed E-state index contributed by atoms with van der Waals surface area (Å²) < 4.78 is 53.9. The lowest BCUT2D eigenvalue weighted by Gasteiger charge is -2.10. The Kier molecular flexibility index (Phi) is 6.80. The van der Waals surface area contributed by atoms with E-state index >= 15 is 0 Å². The van der Waals surface area contributed by atoms with Gasteiger partial charge in [0.2, 0.25) is 15.9 Å². The number of aliphatic imine (C=N–C) groups is 1. The Morgan fingerprint density at radius 3 is 2.53 bits per heavy atom. The molecule has 0 saturated heterocycles. The van der Waals surface area contributed by atoms with E-state index in [1.54, 1.807) is 6.07 Å². The molecule has 0 unspecified atom stereocenters. The number of amides is 1. The lowest BCUT2D eigenvalue weighted by atomic mass is 10.3. The summed E-state index contributed by atoms with van der Waals surface area (Å²) >= 11 is 0. The van der Waals surface area contributed by atoms with Crippen molar-refractivity contribution in [2.75, 3.05) is 18.4 Å². The van der Waals surface area contributed by atoms with Crippen molar-refractivity contribution in [3.63, 3.8) is 0 Å². The SMILES string of the molecule is O=C(CCNS(=O)(=O)c1cccnc1)Nc1cccc(S(=O)(=O)NC2=NCCC2)c1. The number of hydrogen-bond acceptors (Lipinski definition) is 7. The first kappa shape index (κ1) is 21.9. The third-order valence-corrected chi connectivity index (χ3v) is 6.97. The largest absolute Gasteiger partial charge is 0.326 e. The van der Waals surface area contributed by atoms with Crippen LogP contribution in [-0.4, -0.2) is 46.7 Å². The second kappa shape index (κ2) is 9.32. The molecule has 0 saturated carbocycles. The van der Waals surface area contributed by atoms with Crippen molar-refractivity contribution in [1.29, 1.82) is 0 Å². The molecule has 1 aromatic carbocycles. The molecular formula is C18H21N5O5S2. The molecule has 30 heavy (non-hydrogen) atoms. The molecule has 160 valence electrons. The van der Waals surface area contributed by atoms with E-state index < -0.39 is 26.0 Å². The van der Waals surface area contributed by atoms with Gasteiger partial charge >= 0.3 is 0 Å². The molecule has 1 amide bonds. The maximum Gasteiger partial charge on any atom is 0.262 e. The number of sulfonamides is 2. The quantitative estimate of drug-likeness (QED) is 0.542. The van der Waals surface area contributed by atoms with Gasteiger partial charge in [0.25, 0.3) is 10.0 Å². The number of hydrogen-bond donors (Lipinski definition) is 3. The molecule has 2 heterocycles. The summed E-state index contributed by atoms with van der Waals surface area (Å²) in [7, 11) is -7.56. The van der Waals surface area contributed by atoms with Crippen molar-refractivity contribution >= 4 is 37.5 Å². The Bertz CT molecular complexity index is 1150. The van der Waals surface area contributed by atoms with E-state index in [0.717, 1.165) is 6.42 Å². The fraction of sp³-hybridized carbons (Fsp3) is 0.278. The average molecular weight is 452 g/mol. The predicted octanol–water partition coefficient (Wildman–Crippen LogP) is 0.859. The van der Waals surface area contributed by atoms with Crippen LogP contribution in [0.3, 0.4) is 0 Å². The monoisotopic (exact) mass is 451 g/mol. The van der Waals surface area contributed by atoms with E-state index in [1.165, 1.54) is 42.7 Å². The molecule has 0 aliphatic carbocycles. The molecule has 1 aromatic heterocycles. The lowest BCUT2D eigenvalue weighted by molar-refractivity contribution is -0.116. The second-order valence-corrected chi connectivity index (χ2v) is 9.90. The fourth-order valence-electron chi connectivity index (χ4n) is 2.69. The zero-order valence-electron chi connectivity index (χ0n) is 15.9. The van der Waals surface area contributed by atoms with Crippen LogP contribution in [0.15, 0.2) is 63.6 Å². The van der Waals surface area contributed by atoms with Crippen LogP contribution >= 0.6 is 0 Å². The first-order valence-electron chi connectivity index (χ1n) is 9.12. The molecule has 10 nitrogen and oxygen atoms in total. The number of carbonyl (C=O) groups is 1. The Labute approximate surface area is 174 Å². The Balaban J connectivity index is 1.56. The Hall–Kier alpha value is -2.83. The van der Waals surface area contributed by atoms with Gasteiger partial charge in [0.05, 0.1) is 4.90 Å². The number of pyridine rings is 1. The van der Waals surface area contributed by atoms with Crippen molar-refractivity contribution in [2.45, 2.75) is 29.1 Å². The van der Waals surface area contributed by atoms with E-state index in [9.17, 15) is 21.6 Å². The van der Waals surface area contributed by atoms with Gasteiger partial charge in [0, 0.05) is 44.0 Å². The Morgan fingerprint density at radius 2 is 1.83 bits per heavy atom. The number of amidine groups is 1. The number of nitrogens with zero attached hydrogens (tertiary/aromatic N) is 2. The van der Waals surface area contributed by atoms with E-state index in [2.05, 4.69) is 24.7 Å².